The Morgan fingerprint density at radius 2 is 2.05 bits per heavy atom. The number of nitrogens with one attached hydrogen (secondary N) is 2. The van der Waals surface area contributed by atoms with Crippen LogP contribution < -0.4 is 10.6 Å². The third kappa shape index (κ3) is 5.11. The Kier molecular flexibility index (Phi) is 6.76. The van der Waals surface area contributed by atoms with Gasteiger partial charge in [0.2, 0.25) is 11.8 Å². The van der Waals surface area contributed by atoms with Crippen LogP contribution in [0.4, 0.5) is 5.69 Å². The minimum Gasteiger partial charge on any atom is -0.392 e. The highest BCUT2D eigenvalue weighted by Gasteiger charge is 2.35. The zero-order valence-electron chi connectivity index (χ0n) is 21.8. The minimum absolute atomic E-state index is 0.0225. The summed E-state index contributed by atoms with van der Waals surface area (Å²) in [4.78, 5) is 32.5. The van der Waals surface area contributed by atoms with Crippen LogP contribution in [0.15, 0.2) is 54.9 Å². The summed E-state index contributed by atoms with van der Waals surface area (Å²) >= 11 is 0. The van der Waals surface area contributed by atoms with Crippen LogP contribution in [0.3, 0.4) is 0 Å². The zero-order chi connectivity index (χ0) is 26.2. The van der Waals surface area contributed by atoms with Crippen LogP contribution in [0.1, 0.15) is 47.8 Å². The number of benzene rings is 2. The fraction of sp³-hybridized carbons (Fsp3) is 0.433. The molecule has 3 aliphatic rings. The van der Waals surface area contributed by atoms with E-state index in [1.165, 1.54) is 12.8 Å². The molecule has 1 aromatic heterocycles. The van der Waals surface area contributed by atoms with Gasteiger partial charge in [-0.3, -0.25) is 9.59 Å². The van der Waals surface area contributed by atoms with Gasteiger partial charge in [-0.2, -0.15) is 0 Å². The Morgan fingerprint density at radius 3 is 2.82 bits per heavy atom. The van der Waals surface area contributed by atoms with Gasteiger partial charge in [0.05, 0.1) is 18.4 Å². The van der Waals surface area contributed by atoms with E-state index in [4.69, 9.17) is 0 Å². The fourth-order valence-electron chi connectivity index (χ4n) is 6.01. The lowest BCUT2D eigenvalue weighted by Gasteiger charge is -2.31. The van der Waals surface area contributed by atoms with Crippen LogP contribution in [0.2, 0.25) is 0 Å². The van der Waals surface area contributed by atoms with Crippen molar-refractivity contribution in [3.8, 4) is 11.4 Å². The maximum atomic E-state index is 13.5. The quantitative estimate of drug-likeness (QED) is 0.408. The number of β-amino-alcohol motifs (C(OH)–C–C–N with tert-alkyl or cyclic N) is 1. The Labute approximate surface area is 223 Å². The number of hydrogen-bond donors (Lipinski definition) is 3. The van der Waals surface area contributed by atoms with Gasteiger partial charge >= 0.3 is 0 Å². The molecule has 3 N–H and O–H groups in total. The number of imidazole rings is 1. The SMILES string of the molecule is CNC(=O)C(c1ccc2c(c1)NC(=O)C2)[C@H](CN1CC[C@H](O)C1)c1cccc(-c2nccn2CC2CC2)c1. The van der Waals surface area contributed by atoms with Crippen molar-refractivity contribution in [3.63, 3.8) is 0 Å². The summed E-state index contributed by atoms with van der Waals surface area (Å²) < 4.78 is 2.24. The average molecular weight is 514 g/mol. The van der Waals surface area contributed by atoms with E-state index in [0.717, 1.165) is 59.2 Å². The van der Waals surface area contributed by atoms with Crippen molar-refractivity contribution in [2.24, 2.45) is 5.92 Å². The van der Waals surface area contributed by atoms with Gasteiger partial charge in [-0.1, -0.05) is 30.3 Å². The highest BCUT2D eigenvalue weighted by Crippen LogP contribution is 2.39. The molecule has 0 bridgehead atoms. The van der Waals surface area contributed by atoms with Crippen LogP contribution in [0.25, 0.3) is 11.4 Å². The molecule has 2 amide bonds. The summed E-state index contributed by atoms with van der Waals surface area (Å²) in [5.41, 5.74) is 4.71. The van der Waals surface area contributed by atoms with E-state index in [-0.39, 0.29) is 23.8 Å². The molecule has 0 radical (unpaired) electrons. The van der Waals surface area contributed by atoms with Gasteiger partial charge in [0, 0.05) is 62.8 Å². The zero-order valence-corrected chi connectivity index (χ0v) is 21.8. The summed E-state index contributed by atoms with van der Waals surface area (Å²) in [5, 5.41) is 16.1. The topological polar surface area (TPSA) is 99.5 Å². The molecule has 1 saturated carbocycles. The average Bonchev–Trinajstić information content (AvgIpc) is 3.26. The number of carbonyl (C=O) groups is 2. The smallest absolute Gasteiger partial charge is 0.228 e. The number of aromatic nitrogens is 2. The van der Waals surface area contributed by atoms with E-state index in [2.05, 4.69) is 55.5 Å². The number of rotatable bonds is 9. The van der Waals surface area contributed by atoms with Crippen molar-refractivity contribution in [3.05, 3.63) is 71.5 Å². The third-order valence-corrected chi connectivity index (χ3v) is 8.19. The van der Waals surface area contributed by atoms with E-state index in [9.17, 15) is 14.7 Å². The second-order valence-electron chi connectivity index (χ2n) is 11.0. The number of likely N-dealkylation sites (N-methyl/N-ethyl adjacent to an activating group) is 1. The number of amides is 2. The number of nitrogens with zero attached hydrogens (tertiary/aromatic N) is 3. The Bertz CT molecular complexity index is 1350. The lowest BCUT2D eigenvalue weighted by atomic mass is 9.79. The van der Waals surface area contributed by atoms with Gasteiger partial charge in [-0.25, -0.2) is 4.98 Å². The first kappa shape index (κ1) is 24.8. The predicted molar refractivity (Wildman–Crippen MR) is 146 cm³/mol. The number of hydrogen-bond acceptors (Lipinski definition) is 5. The molecule has 3 aromatic rings. The minimum atomic E-state index is -0.470. The normalized spacial score (nSPS) is 20.7. The number of aliphatic hydroxyl groups is 1. The van der Waals surface area contributed by atoms with Gasteiger partial charge < -0.3 is 25.2 Å². The van der Waals surface area contributed by atoms with Crippen molar-refractivity contribution in [2.45, 2.75) is 50.2 Å². The van der Waals surface area contributed by atoms with E-state index < -0.39 is 5.92 Å². The molecule has 38 heavy (non-hydrogen) atoms. The molecule has 6 rings (SSSR count). The number of anilines is 1. The summed E-state index contributed by atoms with van der Waals surface area (Å²) in [7, 11) is 1.67. The van der Waals surface area contributed by atoms with Gasteiger partial charge in [-0.05, 0) is 54.0 Å². The first-order valence-corrected chi connectivity index (χ1v) is 13.6. The van der Waals surface area contributed by atoms with E-state index in [1.54, 1.807) is 7.05 Å². The number of likely N-dealkylation sites (tertiary alicyclic amines) is 1. The van der Waals surface area contributed by atoms with Gasteiger partial charge in [0.15, 0.2) is 0 Å². The number of carbonyl (C=O) groups excluding carboxylic acids is 2. The third-order valence-electron chi connectivity index (χ3n) is 8.19. The molecule has 2 aliphatic heterocycles. The molecule has 8 heteroatoms. The summed E-state index contributed by atoms with van der Waals surface area (Å²) in [6, 6.07) is 14.3. The van der Waals surface area contributed by atoms with Crippen molar-refractivity contribution in [1.82, 2.24) is 19.8 Å². The van der Waals surface area contributed by atoms with Crippen LogP contribution in [0.5, 0.6) is 0 Å². The molecular formula is C30H35N5O3. The van der Waals surface area contributed by atoms with Crippen molar-refractivity contribution < 1.29 is 14.7 Å². The van der Waals surface area contributed by atoms with Gasteiger partial charge in [0.25, 0.3) is 0 Å². The van der Waals surface area contributed by atoms with Crippen LogP contribution in [-0.4, -0.2) is 64.2 Å². The molecule has 2 fully saturated rings. The molecule has 3 atom stereocenters. The van der Waals surface area contributed by atoms with Gasteiger partial charge in [-0.15, -0.1) is 0 Å². The Hall–Kier alpha value is -3.49. The predicted octanol–water partition coefficient (Wildman–Crippen LogP) is 3.13. The second-order valence-corrected chi connectivity index (χ2v) is 11.0. The monoisotopic (exact) mass is 513 g/mol. The van der Waals surface area contributed by atoms with Crippen LogP contribution in [-0.2, 0) is 22.6 Å². The largest absolute Gasteiger partial charge is 0.392 e. The second kappa shape index (κ2) is 10.3. The maximum Gasteiger partial charge on any atom is 0.228 e. The van der Waals surface area contributed by atoms with Crippen LogP contribution >= 0.6 is 0 Å². The Balaban J connectivity index is 1.40. The summed E-state index contributed by atoms with van der Waals surface area (Å²) in [6.07, 6.45) is 7.22. The van der Waals surface area contributed by atoms with Crippen molar-refractivity contribution >= 4 is 17.5 Å². The summed E-state index contributed by atoms with van der Waals surface area (Å²) in [5.74, 6) is 0.957. The maximum absolute atomic E-state index is 13.5. The molecule has 0 spiro atoms. The van der Waals surface area contributed by atoms with Crippen molar-refractivity contribution in [1.29, 1.82) is 0 Å². The standard InChI is InChI=1S/C30H35N5O3/c1-31-30(38)28(22-8-7-21-15-27(37)33-26(21)14-22)25(18-34-11-9-24(36)17-34)20-3-2-4-23(13-20)29-32-10-12-35(29)16-19-5-6-19/h2-4,7-8,10,12-14,19,24-25,28,36H,5-6,9,11,15-18H2,1H3,(H,31,38)(H,33,37)/t24-,25+,28?/m0/s1. The molecule has 1 saturated heterocycles. The van der Waals surface area contributed by atoms with E-state index in [1.807, 2.05) is 24.4 Å². The number of fused-ring (bicyclic) bond motifs is 1. The molecular weight excluding hydrogens is 478 g/mol. The van der Waals surface area contributed by atoms with Gasteiger partial charge in [0.1, 0.15) is 5.82 Å². The molecule has 1 unspecified atom stereocenters. The van der Waals surface area contributed by atoms with Crippen molar-refractivity contribution in [2.75, 3.05) is 32.0 Å². The molecule has 2 aromatic carbocycles. The summed E-state index contributed by atoms with van der Waals surface area (Å²) in [6.45, 7) is 3.02. The Morgan fingerprint density at radius 1 is 1.18 bits per heavy atom. The van der Waals surface area contributed by atoms with E-state index >= 15 is 0 Å². The molecule has 3 heterocycles. The number of aliphatic hydroxyl groups excluding tert-OH is 1. The first-order chi connectivity index (χ1) is 18.5. The first-order valence-electron chi connectivity index (χ1n) is 13.6. The highest BCUT2D eigenvalue weighted by atomic mass is 16.3. The van der Waals surface area contributed by atoms with E-state index in [0.29, 0.717) is 19.5 Å². The lowest BCUT2D eigenvalue weighted by molar-refractivity contribution is -0.122. The molecule has 198 valence electrons. The lowest BCUT2D eigenvalue weighted by Crippen LogP contribution is -2.36. The fourth-order valence-corrected chi connectivity index (χ4v) is 6.01. The molecule has 8 nitrogen and oxygen atoms in total. The van der Waals surface area contributed by atoms with Crippen LogP contribution in [0, 0.1) is 5.92 Å². The highest BCUT2D eigenvalue weighted by molar-refractivity contribution is 5.99. The molecule has 1 aliphatic carbocycles.